The maximum Gasteiger partial charge on any atom is 0.224 e. The van der Waals surface area contributed by atoms with E-state index in [0.29, 0.717) is 25.9 Å². The first-order chi connectivity index (χ1) is 16.1. The number of piperidine rings is 1. The molecule has 1 saturated heterocycles. The van der Waals surface area contributed by atoms with Gasteiger partial charge >= 0.3 is 0 Å². The molecule has 1 fully saturated rings. The number of carbonyl (C=O) groups is 2. The largest absolute Gasteiger partial charge is 0.494 e. The van der Waals surface area contributed by atoms with Crippen LogP contribution >= 0.6 is 0 Å². The van der Waals surface area contributed by atoms with Gasteiger partial charge in [-0.25, -0.2) is 4.98 Å². The first kappa shape index (κ1) is 21.5. The Kier molecular flexibility index (Phi) is 6.03. The van der Waals surface area contributed by atoms with E-state index in [9.17, 15) is 9.59 Å². The molecule has 3 heterocycles. The zero-order chi connectivity index (χ0) is 22.8. The lowest BCUT2D eigenvalue weighted by atomic mass is 10.0. The molecule has 1 unspecified atom stereocenters. The maximum atomic E-state index is 13.1. The third kappa shape index (κ3) is 4.45. The third-order valence-corrected chi connectivity index (χ3v) is 6.72. The lowest BCUT2D eigenvalue weighted by Crippen LogP contribution is -2.39. The predicted molar refractivity (Wildman–Crippen MR) is 127 cm³/mol. The predicted octanol–water partition coefficient (Wildman–Crippen LogP) is 4.37. The minimum atomic E-state index is 0.0282. The molecular formula is C26H30N4O3. The molecule has 0 spiro atoms. The number of carbonyl (C=O) groups excluding carboxylic acids is 2. The summed E-state index contributed by atoms with van der Waals surface area (Å²) >= 11 is 0. The van der Waals surface area contributed by atoms with Crippen LogP contribution in [0.1, 0.15) is 56.0 Å². The number of hydrogen-bond acceptors (Lipinski definition) is 4. The Morgan fingerprint density at radius 3 is 2.94 bits per heavy atom. The molecule has 1 N–H and O–H groups in total. The van der Waals surface area contributed by atoms with Gasteiger partial charge in [0.05, 0.1) is 23.7 Å². The number of hydrogen-bond donors (Lipinski definition) is 1. The Balaban J connectivity index is 1.19. The van der Waals surface area contributed by atoms with Crippen LogP contribution < -0.4 is 10.1 Å². The molecule has 2 aromatic carbocycles. The van der Waals surface area contributed by atoms with Crippen molar-refractivity contribution < 1.29 is 14.3 Å². The van der Waals surface area contributed by atoms with Crippen molar-refractivity contribution in [2.24, 2.45) is 7.05 Å². The van der Waals surface area contributed by atoms with Crippen molar-refractivity contribution in [2.45, 2.75) is 51.0 Å². The van der Waals surface area contributed by atoms with Crippen LogP contribution in [0.2, 0.25) is 0 Å². The molecule has 0 aliphatic carbocycles. The number of imidazole rings is 1. The van der Waals surface area contributed by atoms with E-state index in [0.717, 1.165) is 66.1 Å². The second kappa shape index (κ2) is 9.25. The number of rotatable bonds is 6. The Hall–Kier alpha value is -3.35. The number of nitrogens with zero attached hydrogens (tertiary/aromatic N) is 3. The Morgan fingerprint density at radius 2 is 2.06 bits per heavy atom. The lowest BCUT2D eigenvalue weighted by molar-refractivity contribution is -0.135. The second-order valence-corrected chi connectivity index (χ2v) is 8.94. The van der Waals surface area contributed by atoms with Crippen LogP contribution in [0.5, 0.6) is 5.75 Å². The fraction of sp³-hybridized carbons (Fsp3) is 0.423. The smallest absolute Gasteiger partial charge is 0.224 e. The Labute approximate surface area is 193 Å². The van der Waals surface area contributed by atoms with Crippen LogP contribution in [0.4, 0.5) is 5.69 Å². The highest BCUT2D eigenvalue weighted by molar-refractivity contribution is 5.94. The summed E-state index contributed by atoms with van der Waals surface area (Å²) in [7, 11) is 2.04. The van der Waals surface area contributed by atoms with Crippen LogP contribution in [-0.2, 0) is 23.1 Å². The summed E-state index contributed by atoms with van der Waals surface area (Å²) < 4.78 is 8.04. The van der Waals surface area contributed by atoms with E-state index in [1.165, 1.54) is 0 Å². The number of para-hydroxylation sites is 2. The van der Waals surface area contributed by atoms with E-state index in [-0.39, 0.29) is 17.9 Å². The van der Waals surface area contributed by atoms with Gasteiger partial charge in [0.1, 0.15) is 11.6 Å². The third-order valence-electron chi connectivity index (χ3n) is 6.72. The molecule has 7 nitrogen and oxygen atoms in total. The molecule has 3 aromatic rings. The molecule has 1 aromatic heterocycles. The summed E-state index contributed by atoms with van der Waals surface area (Å²) in [6, 6.07) is 13.9. The monoisotopic (exact) mass is 446 g/mol. The van der Waals surface area contributed by atoms with Crippen molar-refractivity contribution in [2.75, 3.05) is 18.5 Å². The molecule has 0 saturated carbocycles. The number of benzene rings is 2. The highest BCUT2D eigenvalue weighted by Crippen LogP contribution is 2.33. The van der Waals surface area contributed by atoms with Gasteiger partial charge in [0.25, 0.3) is 0 Å². The van der Waals surface area contributed by atoms with Crippen molar-refractivity contribution in [3.05, 3.63) is 53.9 Å². The van der Waals surface area contributed by atoms with Crippen LogP contribution in [0.3, 0.4) is 0 Å². The van der Waals surface area contributed by atoms with Gasteiger partial charge in [-0.2, -0.15) is 0 Å². The Morgan fingerprint density at radius 1 is 1.18 bits per heavy atom. The molecule has 1 atom stereocenters. The minimum Gasteiger partial charge on any atom is -0.494 e. The number of nitrogens with one attached hydrogen (secondary N) is 1. The molecule has 5 rings (SSSR count). The average molecular weight is 447 g/mol. The van der Waals surface area contributed by atoms with Crippen molar-refractivity contribution in [1.29, 1.82) is 0 Å². The number of ether oxygens (including phenoxy) is 1. The first-order valence-electron chi connectivity index (χ1n) is 11.9. The van der Waals surface area contributed by atoms with E-state index in [4.69, 9.17) is 9.72 Å². The quantitative estimate of drug-likeness (QED) is 0.571. The standard InChI is InChI=1S/C26H30N4O3/c1-29-22-8-3-2-7-21(22)28-26(29)23-9-4-5-15-30(23)25(32)10-6-16-33-19-12-13-20-18(17-19)11-14-24(31)27-20/h2-3,7-8,12-13,17,23H,4-6,9-11,14-16H2,1H3,(H,27,31). The number of likely N-dealkylation sites (tertiary alicyclic amines) is 1. The highest BCUT2D eigenvalue weighted by atomic mass is 16.5. The van der Waals surface area contributed by atoms with Gasteiger partial charge in [0.2, 0.25) is 11.8 Å². The molecule has 33 heavy (non-hydrogen) atoms. The summed E-state index contributed by atoms with van der Waals surface area (Å²) in [6.07, 6.45) is 5.46. The van der Waals surface area contributed by atoms with Gasteiger partial charge in [-0.3, -0.25) is 9.59 Å². The number of aryl methyl sites for hydroxylation is 2. The average Bonchev–Trinajstić information content (AvgIpc) is 3.18. The SMILES string of the molecule is Cn1c(C2CCCCN2C(=O)CCCOc2ccc3c(c2)CCC(=O)N3)nc2ccccc21. The molecule has 2 aliphatic rings. The summed E-state index contributed by atoms with van der Waals surface area (Å²) in [4.78, 5) is 31.5. The number of fused-ring (bicyclic) bond motifs is 2. The molecule has 7 heteroatoms. The van der Waals surface area contributed by atoms with E-state index >= 15 is 0 Å². The van der Waals surface area contributed by atoms with Crippen molar-refractivity contribution >= 4 is 28.5 Å². The van der Waals surface area contributed by atoms with Gasteiger partial charge in [-0.15, -0.1) is 0 Å². The number of amides is 2. The fourth-order valence-electron chi connectivity index (χ4n) is 4.97. The number of anilines is 1. The lowest BCUT2D eigenvalue weighted by Gasteiger charge is -2.35. The van der Waals surface area contributed by atoms with Crippen LogP contribution in [0, 0.1) is 0 Å². The maximum absolute atomic E-state index is 13.1. The van der Waals surface area contributed by atoms with Gasteiger partial charge in [-0.05, 0) is 68.0 Å². The second-order valence-electron chi connectivity index (χ2n) is 8.94. The van der Waals surface area contributed by atoms with Gasteiger partial charge in [-0.1, -0.05) is 12.1 Å². The van der Waals surface area contributed by atoms with Crippen LogP contribution in [0.15, 0.2) is 42.5 Å². The summed E-state index contributed by atoms with van der Waals surface area (Å²) in [5, 5.41) is 2.88. The van der Waals surface area contributed by atoms with Crippen molar-refractivity contribution in [3.8, 4) is 5.75 Å². The van der Waals surface area contributed by atoms with E-state index in [1.807, 2.05) is 48.3 Å². The molecule has 172 valence electrons. The molecular weight excluding hydrogens is 416 g/mol. The Bertz CT molecular complexity index is 1190. The summed E-state index contributed by atoms with van der Waals surface area (Å²) in [5.41, 5.74) is 4.04. The normalized spacial score (nSPS) is 18.2. The van der Waals surface area contributed by atoms with Gasteiger partial charge in [0, 0.05) is 32.1 Å². The van der Waals surface area contributed by atoms with E-state index in [2.05, 4.69) is 16.0 Å². The van der Waals surface area contributed by atoms with Gasteiger partial charge in [0.15, 0.2) is 0 Å². The first-order valence-corrected chi connectivity index (χ1v) is 11.9. The number of aromatic nitrogens is 2. The molecule has 0 radical (unpaired) electrons. The van der Waals surface area contributed by atoms with Crippen LogP contribution in [0.25, 0.3) is 11.0 Å². The zero-order valence-electron chi connectivity index (χ0n) is 19.0. The van der Waals surface area contributed by atoms with E-state index < -0.39 is 0 Å². The van der Waals surface area contributed by atoms with Crippen molar-refractivity contribution in [3.63, 3.8) is 0 Å². The van der Waals surface area contributed by atoms with E-state index in [1.54, 1.807) is 0 Å². The topological polar surface area (TPSA) is 76.5 Å². The zero-order valence-corrected chi connectivity index (χ0v) is 19.0. The highest BCUT2D eigenvalue weighted by Gasteiger charge is 2.31. The molecule has 2 amide bonds. The summed E-state index contributed by atoms with van der Waals surface area (Å²) in [6.45, 7) is 1.27. The van der Waals surface area contributed by atoms with Crippen molar-refractivity contribution in [1.82, 2.24) is 14.5 Å². The van der Waals surface area contributed by atoms with Crippen LogP contribution in [-0.4, -0.2) is 39.4 Å². The summed E-state index contributed by atoms with van der Waals surface area (Å²) in [5.74, 6) is 1.99. The fourth-order valence-corrected chi connectivity index (χ4v) is 4.97. The van der Waals surface area contributed by atoms with Gasteiger partial charge < -0.3 is 19.5 Å². The molecule has 0 bridgehead atoms. The molecule has 2 aliphatic heterocycles. The minimum absolute atomic E-state index is 0.0282.